The Bertz CT molecular complexity index is 531. The van der Waals surface area contributed by atoms with Gasteiger partial charge in [-0.3, -0.25) is 4.98 Å². The predicted octanol–water partition coefficient (Wildman–Crippen LogP) is 3.07. The molecule has 5 heteroatoms. The van der Waals surface area contributed by atoms with Crippen LogP contribution in [-0.2, 0) is 6.54 Å². The molecular weight excluding hydrogens is 260 g/mol. The van der Waals surface area contributed by atoms with E-state index < -0.39 is 0 Å². The van der Waals surface area contributed by atoms with E-state index in [4.69, 9.17) is 11.6 Å². The topological polar surface area (TPSA) is 34.0 Å². The van der Waals surface area contributed by atoms with E-state index in [2.05, 4.69) is 33.3 Å². The molecule has 2 rings (SSSR count). The van der Waals surface area contributed by atoms with E-state index in [0.717, 1.165) is 43.0 Å². The van der Waals surface area contributed by atoms with Crippen LogP contribution < -0.4 is 0 Å². The summed E-state index contributed by atoms with van der Waals surface area (Å²) in [5.41, 5.74) is 2.04. The molecule has 0 spiro atoms. The molecule has 104 valence electrons. The molecule has 0 aliphatic rings. The van der Waals surface area contributed by atoms with Crippen molar-refractivity contribution < 1.29 is 0 Å². The molecule has 2 aromatic heterocycles. The van der Waals surface area contributed by atoms with E-state index in [1.54, 1.807) is 12.4 Å². The number of pyridine rings is 1. The van der Waals surface area contributed by atoms with Gasteiger partial charge in [-0.15, -0.1) is 11.6 Å². The van der Waals surface area contributed by atoms with Crippen LogP contribution in [0, 0.1) is 0 Å². The molecule has 0 bridgehead atoms. The van der Waals surface area contributed by atoms with E-state index in [0.29, 0.717) is 0 Å². The summed E-state index contributed by atoms with van der Waals surface area (Å²) >= 11 is 6.25. The lowest BCUT2D eigenvalue weighted by Crippen LogP contribution is -2.27. The van der Waals surface area contributed by atoms with Crippen LogP contribution in [0.3, 0.4) is 0 Å². The zero-order valence-corrected chi connectivity index (χ0v) is 12.6. The summed E-state index contributed by atoms with van der Waals surface area (Å²) in [4.78, 5) is 11.1. The maximum absolute atomic E-state index is 6.25. The standard InChI is InChI=1S/C14H21ClN4/c1-4-18(5-2)8-9-19-13-6-7-16-10-12(13)17-14(19)11(3)15/h6-7,10-11H,4-5,8-9H2,1-3H3. The molecule has 19 heavy (non-hydrogen) atoms. The van der Waals surface area contributed by atoms with Crippen molar-refractivity contribution in [3.8, 4) is 0 Å². The lowest BCUT2D eigenvalue weighted by atomic mass is 10.4. The summed E-state index contributed by atoms with van der Waals surface area (Å²) in [7, 11) is 0. The highest BCUT2D eigenvalue weighted by Gasteiger charge is 2.15. The Morgan fingerprint density at radius 2 is 2.11 bits per heavy atom. The lowest BCUT2D eigenvalue weighted by Gasteiger charge is -2.19. The highest BCUT2D eigenvalue weighted by molar-refractivity contribution is 6.20. The minimum atomic E-state index is -0.0934. The van der Waals surface area contributed by atoms with Gasteiger partial charge in [0.25, 0.3) is 0 Å². The van der Waals surface area contributed by atoms with Crippen LogP contribution in [0.4, 0.5) is 0 Å². The fourth-order valence-corrected chi connectivity index (χ4v) is 2.49. The Kier molecular flexibility index (Phi) is 4.77. The van der Waals surface area contributed by atoms with Gasteiger partial charge in [0.05, 0.1) is 17.1 Å². The molecule has 0 N–H and O–H groups in total. The summed E-state index contributed by atoms with van der Waals surface area (Å²) in [5, 5.41) is -0.0934. The number of aromatic nitrogens is 3. The third kappa shape index (κ3) is 3.07. The van der Waals surface area contributed by atoms with Gasteiger partial charge in [-0.25, -0.2) is 4.98 Å². The highest BCUT2D eigenvalue weighted by atomic mass is 35.5. The van der Waals surface area contributed by atoms with E-state index in [9.17, 15) is 0 Å². The van der Waals surface area contributed by atoms with Crippen molar-refractivity contribution in [2.45, 2.75) is 32.7 Å². The first-order valence-corrected chi connectivity index (χ1v) is 7.27. The van der Waals surface area contributed by atoms with E-state index in [1.165, 1.54) is 0 Å². The van der Waals surface area contributed by atoms with Crippen molar-refractivity contribution in [2.24, 2.45) is 0 Å². The fraction of sp³-hybridized carbons (Fsp3) is 0.571. The number of rotatable bonds is 6. The molecule has 0 saturated carbocycles. The molecule has 0 saturated heterocycles. The zero-order chi connectivity index (χ0) is 13.8. The number of hydrogen-bond donors (Lipinski definition) is 0. The van der Waals surface area contributed by atoms with Crippen LogP contribution in [0.1, 0.15) is 32.0 Å². The van der Waals surface area contributed by atoms with Gasteiger partial charge >= 0.3 is 0 Å². The van der Waals surface area contributed by atoms with Crippen molar-refractivity contribution in [2.75, 3.05) is 19.6 Å². The Hall–Kier alpha value is -1.13. The van der Waals surface area contributed by atoms with E-state index in [1.807, 2.05) is 13.0 Å². The molecule has 4 nitrogen and oxygen atoms in total. The summed E-state index contributed by atoms with van der Waals surface area (Å²) in [6.45, 7) is 10.4. The van der Waals surface area contributed by atoms with Gasteiger partial charge in [-0.05, 0) is 26.1 Å². The lowest BCUT2D eigenvalue weighted by molar-refractivity contribution is 0.290. The van der Waals surface area contributed by atoms with E-state index in [-0.39, 0.29) is 5.38 Å². The summed E-state index contributed by atoms with van der Waals surface area (Å²) in [6, 6.07) is 2.01. The molecule has 0 amide bonds. The van der Waals surface area contributed by atoms with Gasteiger partial charge in [0.1, 0.15) is 11.3 Å². The minimum Gasteiger partial charge on any atom is -0.325 e. The normalized spacial score (nSPS) is 13.3. The number of alkyl halides is 1. The monoisotopic (exact) mass is 280 g/mol. The Labute approximate surface area is 119 Å². The number of likely N-dealkylation sites (N-methyl/N-ethyl adjacent to an activating group) is 1. The average molecular weight is 281 g/mol. The molecule has 1 unspecified atom stereocenters. The second-order valence-electron chi connectivity index (χ2n) is 4.63. The SMILES string of the molecule is CCN(CC)CCn1c(C(C)Cl)nc2cnccc21. The van der Waals surface area contributed by atoms with Crippen molar-refractivity contribution in [1.82, 2.24) is 19.4 Å². The number of fused-ring (bicyclic) bond motifs is 1. The van der Waals surface area contributed by atoms with Gasteiger partial charge in [0.2, 0.25) is 0 Å². The van der Waals surface area contributed by atoms with Gasteiger partial charge in [0, 0.05) is 19.3 Å². The first kappa shape index (κ1) is 14.3. The Morgan fingerprint density at radius 1 is 1.37 bits per heavy atom. The predicted molar refractivity (Wildman–Crippen MR) is 79.6 cm³/mol. The third-order valence-corrected chi connectivity index (χ3v) is 3.67. The van der Waals surface area contributed by atoms with Crippen LogP contribution in [0.25, 0.3) is 11.0 Å². The van der Waals surface area contributed by atoms with Gasteiger partial charge in [-0.1, -0.05) is 13.8 Å². The number of hydrogen-bond acceptors (Lipinski definition) is 3. The Morgan fingerprint density at radius 3 is 2.74 bits per heavy atom. The molecule has 1 atom stereocenters. The molecule has 2 heterocycles. The minimum absolute atomic E-state index is 0.0934. The third-order valence-electron chi connectivity index (χ3n) is 3.47. The Balaban J connectivity index is 2.31. The number of halogens is 1. The van der Waals surface area contributed by atoms with Crippen molar-refractivity contribution in [3.63, 3.8) is 0 Å². The van der Waals surface area contributed by atoms with E-state index >= 15 is 0 Å². The van der Waals surface area contributed by atoms with Crippen molar-refractivity contribution in [3.05, 3.63) is 24.3 Å². The van der Waals surface area contributed by atoms with Crippen LogP contribution >= 0.6 is 11.6 Å². The first-order valence-electron chi connectivity index (χ1n) is 6.83. The maximum atomic E-state index is 6.25. The first-order chi connectivity index (χ1) is 9.17. The van der Waals surface area contributed by atoms with Gasteiger partial charge < -0.3 is 9.47 Å². The van der Waals surface area contributed by atoms with Crippen LogP contribution in [-0.4, -0.2) is 39.1 Å². The van der Waals surface area contributed by atoms with Crippen LogP contribution in [0.2, 0.25) is 0 Å². The summed E-state index contributed by atoms with van der Waals surface area (Å²) in [6.07, 6.45) is 3.60. The molecule has 0 fully saturated rings. The largest absolute Gasteiger partial charge is 0.325 e. The average Bonchev–Trinajstić information content (AvgIpc) is 2.79. The smallest absolute Gasteiger partial charge is 0.127 e. The molecular formula is C14H21ClN4. The molecule has 0 radical (unpaired) electrons. The highest BCUT2D eigenvalue weighted by Crippen LogP contribution is 2.23. The summed E-state index contributed by atoms with van der Waals surface area (Å²) in [5.74, 6) is 0.928. The molecule has 0 aliphatic heterocycles. The van der Waals surface area contributed by atoms with Crippen molar-refractivity contribution >= 4 is 22.6 Å². The molecule has 0 aliphatic carbocycles. The number of imidazole rings is 1. The fourth-order valence-electron chi connectivity index (χ4n) is 2.32. The maximum Gasteiger partial charge on any atom is 0.127 e. The second-order valence-corrected chi connectivity index (χ2v) is 5.28. The second kappa shape index (κ2) is 6.35. The number of nitrogens with zero attached hydrogens (tertiary/aromatic N) is 4. The summed E-state index contributed by atoms with van der Waals surface area (Å²) < 4.78 is 2.22. The zero-order valence-electron chi connectivity index (χ0n) is 11.8. The molecule has 0 aromatic carbocycles. The van der Waals surface area contributed by atoms with Gasteiger partial charge in [0.15, 0.2) is 0 Å². The van der Waals surface area contributed by atoms with Crippen LogP contribution in [0.5, 0.6) is 0 Å². The molecule has 2 aromatic rings. The van der Waals surface area contributed by atoms with Crippen LogP contribution in [0.15, 0.2) is 18.5 Å². The quantitative estimate of drug-likeness (QED) is 0.763. The van der Waals surface area contributed by atoms with Crippen molar-refractivity contribution in [1.29, 1.82) is 0 Å². The van der Waals surface area contributed by atoms with Gasteiger partial charge in [-0.2, -0.15) is 0 Å².